The molecule has 176 valence electrons. The molecule has 0 aromatic heterocycles. The Balaban J connectivity index is 3.03. The average molecular weight is 480 g/mol. The maximum Gasteiger partial charge on any atom is 0.293 e. The monoisotopic (exact) mass is 480 g/mol. The van der Waals surface area contributed by atoms with Crippen LogP contribution in [0.15, 0.2) is 0 Å². The first-order valence-corrected chi connectivity index (χ1v) is 6.74. The highest BCUT2D eigenvalue weighted by atomic mass is 32.2. The van der Waals surface area contributed by atoms with E-state index in [-0.39, 0.29) is 0 Å². The molecule has 0 radical (unpaired) electrons. The van der Waals surface area contributed by atoms with Crippen LogP contribution in [0.1, 0.15) is 0 Å². The van der Waals surface area contributed by atoms with Gasteiger partial charge < -0.3 is 0 Å². The molecule has 0 spiro atoms. The van der Waals surface area contributed by atoms with E-state index in [1.54, 1.807) is 0 Å². The second-order valence-corrected chi connectivity index (χ2v) is 3.89. The highest BCUT2D eigenvalue weighted by Gasteiger charge is 2.04. The van der Waals surface area contributed by atoms with Crippen LogP contribution >= 0.6 is 0 Å². The Morgan fingerprint density at radius 3 is 0.828 bits per heavy atom. The summed E-state index contributed by atoms with van der Waals surface area (Å²) in [5, 5.41) is 86.1. The van der Waals surface area contributed by atoms with Crippen LogP contribution < -0.4 is 0 Å². The minimum absolute atomic E-state index is 0.618. The molecule has 0 atom stereocenters. The largest absolute Gasteiger partial charge is 0.293 e. The highest BCUT2D eigenvalue weighted by Crippen LogP contribution is 1.95. The number of hydrogen-bond donors (Lipinski definition) is 1. The Hall–Kier alpha value is -1.05. The maximum absolute atomic E-state index is 10.3. The molecule has 0 aromatic rings. The standard InChI is InChI=1S/CH4O27S/c1-29(3,4)28-27-26-25-24-23-22-21-20-19-18-17-16-15-14-13-12-11-10-9-8-7-6-5-2/h2H,1H3. The van der Waals surface area contributed by atoms with Crippen molar-refractivity contribution in [2.24, 2.45) is 0 Å². The highest BCUT2D eigenvalue weighted by molar-refractivity contribution is 7.85. The molecular weight excluding hydrogens is 476 g/mol. The Morgan fingerprint density at radius 2 is 0.621 bits per heavy atom. The molecule has 0 saturated carbocycles. The Morgan fingerprint density at radius 1 is 0.414 bits per heavy atom. The van der Waals surface area contributed by atoms with Gasteiger partial charge in [0.1, 0.15) is 0 Å². The summed E-state index contributed by atoms with van der Waals surface area (Å²) in [6.45, 7) is 0. The van der Waals surface area contributed by atoms with Crippen molar-refractivity contribution in [3.05, 3.63) is 0 Å². The van der Waals surface area contributed by atoms with Gasteiger partial charge in [0.25, 0.3) is 10.1 Å². The summed E-state index contributed by atoms with van der Waals surface area (Å²) < 4.78 is 24.2. The SMILES string of the molecule is CS(=O)(=O)OOOOOOOOOOOOOOOOOOOOOOOOO. The van der Waals surface area contributed by atoms with Gasteiger partial charge >= 0.3 is 0 Å². The predicted octanol–water partition coefficient (Wildman–Crippen LogP) is -2.14. The minimum Gasteiger partial charge on any atom is -0.219 e. The summed E-state index contributed by atoms with van der Waals surface area (Å²) in [6.07, 6.45) is 0.618. The molecule has 0 unspecified atom stereocenters. The summed E-state index contributed by atoms with van der Waals surface area (Å²) >= 11 is 0. The lowest BCUT2D eigenvalue weighted by Crippen LogP contribution is -2.07. The molecule has 0 rings (SSSR count). The molecule has 0 aliphatic carbocycles. The van der Waals surface area contributed by atoms with Crippen molar-refractivity contribution in [2.45, 2.75) is 0 Å². The second kappa shape index (κ2) is 21.7. The van der Waals surface area contributed by atoms with Crippen molar-refractivity contribution in [1.82, 2.24) is 0 Å². The van der Waals surface area contributed by atoms with Crippen molar-refractivity contribution in [3.8, 4) is 0 Å². The third kappa shape index (κ3) is 26.9. The maximum atomic E-state index is 10.3. The van der Waals surface area contributed by atoms with Gasteiger partial charge in [0.05, 0.1) is 6.26 Å². The zero-order valence-electron chi connectivity index (χ0n) is 12.5. The normalized spacial score (nSPS) is 11.9. The summed E-state index contributed by atoms with van der Waals surface area (Å²) in [5.41, 5.74) is 0. The number of hydrogen-bond acceptors (Lipinski definition) is 27. The molecular formula is CH4O27S. The molecule has 0 aliphatic heterocycles. The Kier molecular flexibility index (Phi) is 20.9. The average Bonchev–Trinajstić information content (AvgIpc) is 2.67. The van der Waals surface area contributed by atoms with Gasteiger partial charge in [-0.25, -0.2) is 5.26 Å². The van der Waals surface area contributed by atoms with Gasteiger partial charge in [0.2, 0.25) is 0 Å². The molecule has 0 fully saturated rings. The van der Waals surface area contributed by atoms with Crippen molar-refractivity contribution in [2.75, 3.05) is 6.26 Å². The molecule has 27 nitrogen and oxygen atoms in total. The van der Waals surface area contributed by atoms with Crippen LogP contribution in [0.4, 0.5) is 0 Å². The van der Waals surface area contributed by atoms with Crippen LogP contribution in [0.3, 0.4) is 0 Å². The van der Waals surface area contributed by atoms with E-state index in [1.807, 2.05) is 0 Å². The van der Waals surface area contributed by atoms with Crippen molar-refractivity contribution < 1.29 is 134 Å². The minimum atomic E-state index is -3.97. The third-order valence-electron chi connectivity index (χ3n) is 0.765. The quantitative estimate of drug-likeness (QED) is 0.0876. The first kappa shape index (κ1) is 27.9. The second-order valence-electron chi connectivity index (χ2n) is 2.34. The molecule has 0 heterocycles. The van der Waals surface area contributed by atoms with Crippen molar-refractivity contribution in [1.29, 1.82) is 0 Å². The molecule has 0 amide bonds. The van der Waals surface area contributed by atoms with Crippen molar-refractivity contribution in [3.63, 3.8) is 0 Å². The molecule has 28 heteroatoms. The first-order valence-electron chi connectivity index (χ1n) is 4.92. The fourth-order valence-electron chi connectivity index (χ4n) is 0.301. The lowest BCUT2D eigenvalue weighted by molar-refractivity contribution is -0.900. The Labute approximate surface area is 151 Å². The fraction of sp³-hybridized carbons (Fsp3) is 1.00. The summed E-state index contributed by atoms with van der Waals surface area (Å²) in [4.78, 5) is 0. The molecule has 1 N–H and O–H groups in total. The van der Waals surface area contributed by atoms with E-state index in [0.29, 0.717) is 6.26 Å². The van der Waals surface area contributed by atoms with Crippen LogP contribution in [0.25, 0.3) is 0 Å². The predicted molar refractivity (Wildman–Crippen MR) is 43.5 cm³/mol. The van der Waals surface area contributed by atoms with E-state index in [1.165, 1.54) is 0 Å². The number of rotatable bonds is 24. The van der Waals surface area contributed by atoms with Gasteiger partial charge in [-0.2, -0.15) is 8.42 Å². The lowest BCUT2D eigenvalue weighted by atomic mass is 12.0. The summed E-state index contributed by atoms with van der Waals surface area (Å²) in [5.74, 6) is 0. The van der Waals surface area contributed by atoms with E-state index in [4.69, 9.17) is 5.26 Å². The van der Waals surface area contributed by atoms with Crippen molar-refractivity contribution >= 4 is 10.1 Å². The van der Waals surface area contributed by atoms with E-state index in [0.717, 1.165) is 0 Å². The van der Waals surface area contributed by atoms with E-state index < -0.39 is 10.1 Å². The lowest BCUT2D eigenvalue weighted by Gasteiger charge is -1.99. The molecule has 0 saturated heterocycles. The summed E-state index contributed by atoms with van der Waals surface area (Å²) in [6, 6.07) is 0. The molecule has 29 heavy (non-hydrogen) atoms. The summed E-state index contributed by atoms with van der Waals surface area (Å²) in [7, 11) is -3.97. The third-order valence-corrected chi connectivity index (χ3v) is 1.07. The molecule has 0 aromatic carbocycles. The van der Waals surface area contributed by atoms with Gasteiger partial charge in [-0.15, -0.1) is 0 Å². The van der Waals surface area contributed by atoms with Gasteiger partial charge in [0, 0.05) is 35.3 Å². The van der Waals surface area contributed by atoms with Crippen LogP contribution in [0.2, 0.25) is 0 Å². The first-order chi connectivity index (χ1) is 14.1. The van der Waals surface area contributed by atoms with Crippen LogP contribution in [-0.4, -0.2) is 19.9 Å². The zero-order chi connectivity index (χ0) is 21.5. The van der Waals surface area contributed by atoms with Gasteiger partial charge in [-0.1, -0.05) is 4.33 Å². The smallest absolute Gasteiger partial charge is 0.219 e. The fourth-order valence-corrected chi connectivity index (χ4v) is 0.425. The van der Waals surface area contributed by atoms with Gasteiger partial charge in [0.15, 0.2) is 0 Å². The van der Waals surface area contributed by atoms with E-state index in [9.17, 15) is 8.42 Å². The molecule has 0 aliphatic rings. The van der Waals surface area contributed by atoms with Crippen LogP contribution in [0, 0.1) is 0 Å². The zero-order valence-corrected chi connectivity index (χ0v) is 13.3. The molecule has 0 bridgehead atoms. The van der Waals surface area contributed by atoms with E-state index in [2.05, 4.69) is 120 Å². The van der Waals surface area contributed by atoms with E-state index >= 15 is 0 Å². The topological polar surface area (TPSA) is 276 Å². The van der Waals surface area contributed by atoms with Gasteiger partial charge in [-0.3, -0.25) is 0 Å². The Bertz CT molecular complexity index is 399. The van der Waals surface area contributed by atoms with Crippen LogP contribution in [0.5, 0.6) is 0 Å². The van der Waals surface area contributed by atoms with Gasteiger partial charge in [-0.05, 0) is 80.6 Å². The van der Waals surface area contributed by atoms with Crippen LogP contribution in [-0.2, 0) is 130 Å².